The van der Waals surface area contributed by atoms with Crippen LogP contribution in [0.25, 0.3) is 16.9 Å². The van der Waals surface area contributed by atoms with Crippen molar-refractivity contribution in [2.24, 2.45) is 7.05 Å². The van der Waals surface area contributed by atoms with Crippen LogP contribution in [0.5, 0.6) is 0 Å². The van der Waals surface area contributed by atoms with Crippen LogP contribution in [0.2, 0.25) is 4.34 Å². The Labute approximate surface area is 186 Å². The molecule has 160 valence electrons. The van der Waals surface area contributed by atoms with Crippen LogP contribution in [0, 0.1) is 0 Å². The van der Waals surface area contributed by atoms with Crippen molar-refractivity contribution in [2.75, 3.05) is 23.7 Å². The van der Waals surface area contributed by atoms with E-state index in [1.165, 1.54) is 17.7 Å². The van der Waals surface area contributed by atoms with Crippen LogP contribution in [-0.4, -0.2) is 54.6 Å². The summed E-state index contributed by atoms with van der Waals surface area (Å²) in [5.41, 5.74) is 9.35. The van der Waals surface area contributed by atoms with Gasteiger partial charge in [0.2, 0.25) is 0 Å². The van der Waals surface area contributed by atoms with Crippen LogP contribution in [0.4, 0.5) is 11.5 Å². The van der Waals surface area contributed by atoms with E-state index in [0.29, 0.717) is 27.3 Å². The molecule has 1 aliphatic rings. The van der Waals surface area contributed by atoms with Gasteiger partial charge in [0.05, 0.1) is 26.8 Å². The predicted octanol–water partition coefficient (Wildman–Crippen LogP) is 2.22. The summed E-state index contributed by atoms with van der Waals surface area (Å²) in [7, 11) is 1.81. The van der Waals surface area contributed by atoms with E-state index < -0.39 is 0 Å². The fraction of sp³-hybridized carbons (Fsp3) is 0.316. The first kappa shape index (κ1) is 19.8. The van der Waals surface area contributed by atoms with E-state index in [1.54, 1.807) is 21.3 Å². The molecule has 4 aromatic rings. The number of halogens is 1. The van der Waals surface area contributed by atoms with Crippen molar-refractivity contribution in [1.82, 2.24) is 34.9 Å². The maximum atomic E-state index is 12.6. The van der Waals surface area contributed by atoms with Gasteiger partial charge in [0.1, 0.15) is 17.5 Å². The highest BCUT2D eigenvalue weighted by atomic mass is 35.5. The molecular weight excluding hydrogens is 438 g/mol. The first-order chi connectivity index (χ1) is 15.0. The lowest BCUT2D eigenvalue weighted by atomic mass is 10.0. The number of amides is 1. The number of thiophene rings is 1. The summed E-state index contributed by atoms with van der Waals surface area (Å²) in [6.07, 6.45) is 5.09. The van der Waals surface area contributed by atoms with Crippen molar-refractivity contribution in [3.05, 3.63) is 39.9 Å². The van der Waals surface area contributed by atoms with Crippen molar-refractivity contribution < 1.29 is 4.79 Å². The third-order valence-corrected chi connectivity index (χ3v) is 6.55. The third kappa shape index (κ3) is 3.70. The molecule has 0 spiro atoms. The van der Waals surface area contributed by atoms with Gasteiger partial charge < -0.3 is 16.0 Å². The molecule has 0 aromatic carbocycles. The zero-order valence-electron chi connectivity index (χ0n) is 16.7. The fourth-order valence-electron chi connectivity index (χ4n) is 3.94. The second-order valence-electron chi connectivity index (χ2n) is 7.46. The van der Waals surface area contributed by atoms with Crippen molar-refractivity contribution in [3.63, 3.8) is 0 Å². The Hall–Kier alpha value is -3.18. The lowest BCUT2D eigenvalue weighted by Gasteiger charge is -2.34. The molecule has 1 amide bonds. The van der Waals surface area contributed by atoms with Crippen molar-refractivity contribution in [1.29, 1.82) is 0 Å². The Morgan fingerprint density at radius 3 is 3.00 bits per heavy atom. The van der Waals surface area contributed by atoms with Crippen LogP contribution in [0.3, 0.4) is 0 Å². The number of piperidine rings is 1. The van der Waals surface area contributed by atoms with Crippen molar-refractivity contribution >= 4 is 45.9 Å². The van der Waals surface area contributed by atoms with E-state index in [1.807, 2.05) is 19.3 Å². The molecule has 1 saturated heterocycles. The van der Waals surface area contributed by atoms with Crippen LogP contribution in [0.15, 0.2) is 30.7 Å². The van der Waals surface area contributed by atoms with Gasteiger partial charge in [-0.3, -0.25) is 9.48 Å². The summed E-state index contributed by atoms with van der Waals surface area (Å²) in [6.45, 7) is 1.49. The molecule has 3 N–H and O–H groups in total. The van der Waals surface area contributed by atoms with E-state index >= 15 is 0 Å². The zero-order valence-corrected chi connectivity index (χ0v) is 18.3. The number of nitrogens with one attached hydrogen (secondary N) is 1. The minimum absolute atomic E-state index is 0.00268. The summed E-state index contributed by atoms with van der Waals surface area (Å²) >= 11 is 7.25. The smallest absolute Gasteiger partial charge is 0.261 e. The minimum Gasteiger partial charge on any atom is -0.382 e. The first-order valence-electron chi connectivity index (χ1n) is 9.79. The molecule has 10 nitrogen and oxygen atoms in total. The number of carbonyl (C=O) groups excluding carboxylic acids is 1. The van der Waals surface area contributed by atoms with Crippen LogP contribution < -0.4 is 16.0 Å². The van der Waals surface area contributed by atoms with Gasteiger partial charge in [-0.25, -0.2) is 9.50 Å². The van der Waals surface area contributed by atoms with Gasteiger partial charge >= 0.3 is 0 Å². The molecule has 5 rings (SSSR count). The first-order valence-corrected chi connectivity index (χ1v) is 11.0. The molecule has 0 bridgehead atoms. The fourth-order valence-corrected chi connectivity index (χ4v) is 4.89. The number of carbonyl (C=O) groups is 1. The molecule has 1 aliphatic heterocycles. The average molecular weight is 458 g/mol. The number of hydrogen-bond donors (Lipinski definition) is 2. The van der Waals surface area contributed by atoms with Gasteiger partial charge in [0, 0.05) is 26.2 Å². The summed E-state index contributed by atoms with van der Waals surface area (Å²) in [5.74, 6) is 0.285. The van der Waals surface area contributed by atoms with E-state index in [2.05, 4.69) is 30.6 Å². The Morgan fingerprint density at radius 1 is 1.39 bits per heavy atom. The highest BCUT2D eigenvalue weighted by molar-refractivity contribution is 7.18. The largest absolute Gasteiger partial charge is 0.382 e. The summed E-state index contributed by atoms with van der Waals surface area (Å²) < 4.78 is 3.99. The molecule has 4 aromatic heterocycles. The quantitative estimate of drug-likeness (QED) is 0.482. The maximum absolute atomic E-state index is 12.6. The number of aromatic nitrogens is 6. The van der Waals surface area contributed by atoms with Crippen LogP contribution >= 0.6 is 22.9 Å². The lowest BCUT2D eigenvalue weighted by Crippen LogP contribution is -2.47. The van der Waals surface area contributed by atoms with Gasteiger partial charge in [0.25, 0.3) is 5.91 Å². The summed E-state index contributed by atoms with van der Waals surface area (Å²) in [4.78, 5) is 19.6. The summed E-state index contributed by atoms with van der Waals surface area (Å²) in [6, 6.07) is 5.49. The zero-order chi connectivity index (χ0) is 21.5. The Bertz CT molecular complexity index is 1260. The molecule has 1 fully saturated rings. The monoisotopic (exact) mass is 457 g/mol. The Morgan fingerprint density at radius 2 is 2.26 bits per heavy atom. The van der Waals surface area contributed by atoms with E-state index in [-0.39, 0.29) is 11.9 Å². The lowest BCUT2D eigenvalue weighted by molar-refractivity contribution is 0.0937. The molecule has 0 unspecified atom stereocenters. The van der Waals surface area contributed by atoms with E-state index in [4.69, 9.17) is 17.3 Å². The van der Waals surface area contributed by atoms with Gasteiger partial charge in [-0.2, -0.15) is 5.10 Å². The summed E-state index contributed by atoms with van der Waals surface area (Å²) in [5, 5.41) is 15.8. The highest BCUT2D eigenvalue weighted by Crippen LogP contribution is 2.34. The molecule has 0 radical (unpaired) electrons. The Balaban J connectivity index is 1.45. The molecule has 0 saturated carbocycles. The predicted molar refractivity (Wildman–Crippen MR) is 119 cm³/mol. The number of nitrogens with two attached hydrogens (primary N) is 1. The number of nitrogens with zero attached hydrogens (tertiary/aromatic N) is 7. The maximum Gasteiger partial charge on any atom is 0.261 e. The Kier molecular flexibility index (Phi) is 4.98. The average Bonchev–Trinajstić information content (AvgIpc) is 3.47. The number of hydrogen-bond acceptors (Lipinski definition) is 8. The van der Waals surface area contributed by atoms with Crippen LogP contribution in [0.1, 0.15) is 22.5 Å². The number of aryl methyl sites for hydroxylation is 1. The van der Waals surface area contributed by atoms with Crippen molar-refractivity contribution in [3.8, 4) is 11.4 Å². The molecular formula is C19H20ClN9OS. The highest BCUT2D eigenvalue weighted by Gasteiger charge is 2.27. The third-order valence-electron chi connectivity index (χ3n) is 5.32. The molecule has 12 heteroatoms. The standard InChI is InChI=1S/C19H20ClN9OS/c1-27-9-12(25-26-27)13-7-14(17-18(21)22-10-23-29(13)17)28-6-2-3-11(8-28)24-19(30)15-4-5-16(20)31-15/h4-5,7,9-11H,2-3,6,8H2,1H3,(H,24,30)(H2,21,22,23)/t11-/m1/s1. The topological polar surface area (TPSA) is 119 Å². The molecule has 0 aliphatic carbocycles. The second kappa shape index (κ2) is 7.82. The van der Waals surface area contributed by atoms with E-state index in [0.717, 1.165) is 36.3 Å². The number of nitrogen functional groups attached to an aromatic ring is 1. The van der Waals surface area contributed by atoms with E-state index in [9.17, 15) is 4.79 Å². The second-order valence-corrected chi connectivity index (χ2v) is 9.18. The minimum atomic E-state index is -0.103. The molecule has 5 heterocycles. The SMILES string of the molecule is Cn1cc(-c2cc(N3CCC[C@@H](NC(=O)c4ccc(Cl)s4)C3)c3c(N)ncnn23)nn1. The van der Waals surface area contributed by atoms with Gasteiger partial charge in [-0.05, 0) is 31.0 Å². The molecule has 31 heavy (non-hydrogen) atoms. The van der Waals surface area contributed by atoms with Crippen molar-refractivity contribution in [2.45, 2.75) is 18.9 Å². The number of fused-ring (bicyclic) bond motifs is 1. The normalized spacial score (nSPS) is 16.7. The number of rotatable bonds is 4. The van der Waals surface area contributed by atoms with Gasteiger partial charge in [-0.1, -0.05) is 16.8 Å². The molecule has 1 atom stereocenters. The van der Waals surface area contributed by atoms with Gasteiger partial charge in [0.15, 0.2) is 5.82 Å². The van der Waals surface area contributed by atoms with Gasteiger partial charge in [-0.15, -0.1) is 16.4 Å². The van der Waals surface area contributed by atoms with Crippen LogP contribution in [-0.2, 0) is 7.05 Å². The number of anilines is 2.